The van der Waals surface area contributed by atoms with Crippen molar-refractivity contribution in [3.63, 3.8) is 0 Å². The molecule has 0 bridgehead atoms. The summed E-state index contributed by atoms with van der Waals surface area (Å²) in [5.74, 6) is 0. The van der Waals surface area contributed by atoms with Gasteiger partial charge in [-0.1, -0.05) is 0 Å². The summed E-state index contributed by atoms with van der Waals surface area (Å²) >= 11 is 0. The maximum absolute atomic E-state index is 10.8. The lowest BCUT2D eigenvalue weighted by molar-refractivity contribution is -0.384. The molecule has 0 radical (unpaired) electrons. The third-order valence-electron chi connectivity index (χ3n) is 2.57. The number of rotatable bonds is 2. The molecule has 2 aromatic heterocycles. The number of hydrogen-bond acceptors (Lipinski definition) is 7. The molecule has 0 aliphatic carbocycles. The highest BCUT2D eigenvalue weighted by molar-refractivity contribution is 5.80. The van der Waals surface area contributed by atoms with Gasteiger partial charge in [0, 0.05) is 12.1 Å². The minimum absolute atomic E-state index is 0.00801. The van der Waals surface area contributed by atoms with Crippen LogP contribution in [0.4, 0.5) is 11.4 Å². The molecule has 0 fully saturated rings. The first kappa shape index (κ1) is 11.0. The van der Waals surface area contributed by atoms with Crippen molar-refractivity contribution in [2.24, 2.45) is 0 Å². The molecule has 94 valence electrons. The van der Waals surface area contributed by atoms with E-state index >= 15 is 0 Å². The van der Waals surface area contributed by atoms with Crippen LogP contribution in [0.15, 0.2) is 24.4 Å². The standard InChI is InChI=1S/C9H4N6O4/c16-14(17)5-1-2-7-6(3-5)11-12-9-8(15(18)19)4-10-13(7)9/h1-4H. The lowest BCUT2D eigenvalue weighted by atomic mass is 10.3. The maximum Gasteiger partial charge on any atom is 0.335 e. The van der Waals surface area contributed by atoms with Crippen LogP contribution in [0.2, 0.25) is 0 Å². The van der Waals surface area contributed by atoms with E-state index < -0.39 is 9.85 Å². The lowest BCUT2D eigenvalue weighted by Crippen LogP contribution is -1.98. The number of benzene rings is 1. The van der Waals surface area contributed by atoms with Gasteiger partial charge in [0.25, 0.3) is 11.3 Å². The summed E-state index contributed by atoms with van der Waals surface area (Å²) in [7, 11) is 0. The predicted octanol–water partition coefficient (Wildman–Crippen LogP) is 1.09. The van der Waals surface area contributed by atoms with Gasteiger partial charge >= 0.3 is 5.69 Å². The van der Waals surface area contributed by atoms with Crippen LogP contribution in [0.3, 0.4) is 0 Å². The summed E-state index contributed by atoms with van der Waals surface area (Å²) in [6, 6.07) is 3.93. The Morgan fingerprint density at radius 3 is 2.58 bits per heavy atom. The molecule has 10 nitrogen and oxygen atoms in total. The Bertz CT molecular complexity index is 841. The maximum atomic E-state index is 10.8. The fraction of sp³-hybridized carbons (Fsp3) is 0. The Balaban J connectivity index is 2.36. The molecule has 0 spiro atoms. The van der Waals surface area contributed by atoms with E-state index in [9.17, 15) is 20.2 Å². The molecule has 10 heteroatoms. The fourth-order valence-electron chi connectivity index (χ4n) is 1.72. The zero-order valence-corrected chi connectivity index (χ0v) is 9.13. The molecular formula is C9H4N6O4. The van der Waals surface area contributed by atoms with Gasteiger partial charge in [-0.25, -0.2) is 4.52 Å². The average Bonchev–Trinajstić information content (AvgIpc) is 2.82. The van der Waals surface area contributed by atoms with Crippen molar-refractivity contribution in [3.8, 4) is 0 Å². The third-order valence-corrected chi connectivity index (χ3v) is 2.57. The Morgan fingerprint density at radius 1 is 1.11 bits per heavy atom. The van der Waals surface area contributed by atoms with Gasteiger partial charge in [0.05, 0.1) is 15.4 Å². The second-order valence-corrected chi connectivity index (χ2v) is 3.65. The number of nitrogens with zero attached hydrogens (tertiary/aromatic N) is 6. The summed E-state index contributed by atoms with van der Waals surface area (Å²) < 4.78 is 1.23. The minimum atomic E-state index is -0.617. The predicted molar refractivity (Wildman–Crippen MR) is 61.6 cm³/mol. The largest absolute Gasteiger partial charge is 0.335 e. The van der Waals surface area contributed by atoms with E-state index in [0.29, 0.717) is 5.52 Å². The van der Waals surface area contributed by atoms with Crippen molar-refractivity contribution in [3.05, 3.63) is 44.6 Å². The van der Waals surface area contributed by atoms with Gasteiger partial charge in [0.15, 0.2) is 0 Å². The number of nitro groups is 2. The Kier molecular flexibility index (Phi) is 2.11. The van der Waals surface area contributed by atoms with Gasteiger partial charge in [-0.3, -0.25) is 20.2 Å². The Hall–Kier alpha value is -3.17. The summed E-state index contributed by atoms with van der Waals surface area (Å²) in [5.41, 5.74) is 0.227. The Morgan fingerprint density at radius 2 is 1.89 bits per heavy atom. The van der Waals surface area contributed by atoms with Gasteiger partial charge in [0.1, 0.15) is 11.7 Å². The fourth-order valence-corrected chi connectivity index (χ4v) is 1.72. The summed E-state index contributed by atoms with van der Waals surface area (Å²) in [6.07, 6.45) is 1.06. The number of hydrogen-bond donors (Lipinski definition) is 0. The molecule has 0 saturated heterocycles. The average molecular weight is 260 g/mol. The molecule has 2 heterocycles. The first-order chi connectivity index (χ1) is 9.08. The highest BCUT2D eigenvalue weighted by atomic mass is 16.6. The van der Waals surface area contributed by atoms with Crippen LogP contribution in [0, 0.1) is 20.2 Å². The molecule has 19 heavy (non-hydrogen) atoms. The van der Waals surface area contributed by atoms with E-state index in [2.05, 4.69) is 15.3 Å². The van der Waals surface area contributed by atoms with Crippen molar-refractivity contribution in [2.45, 2.75) is 0 Å². The first-order valence-electron chi connectivity index (χ1n) is 5.01. The molecule has 0 saturated carbocycles. The van der Waals surface area contributed by atoms with E-state index in [0.717, 1.165) is 6.20 Å². The number of fused-ring (bicyclic) bond motifs is 3. The second kappa shape index (κ2) is 3.66. The van der Waals surface area contributed by atoms with Crippen molar-refractivity contribution in [1.82, 2.24) is 19.8 Å². The van der Waals surface area contributed by atoms with Crippen LogP contribution in [0.1, 0.15) is 0 Å². The van der Waals surface area contributed by atoms with Gasteiger partial charge in [-0.05, 0) is 6.07 Å². The molecule has 0 N–H and O–H groups in total. The van der Waals surface area contributed by atoms with E-state index in [1.165, 1.54) is 22.7 Å². The molecule has 0 aliphatic rings. The smallest absolute Gasteiger partial charge is 0.258 e. The molecule has 1 aromatic carbocycles. The summed E-state index contributed by atoms with van der Waals surface area (Å²) in [4.78, 5) is 20.2. The minimum Gasteiger partial charge on any atom is -0.258 e. The highest BCUT2D eigenvalue weighted by Gasteiger charge is 2.19. The number of aromatic nitrogens is 4. The van der Waals surface area contributed by atoms with Crippen molar-refractivity contribution in [1.29, 1.82) is 0 Å². The zero-order valence-electron chi connectivity index (χ0n) is 9.13. The van der Waals surface area contributed by atoms with Crippen LogP contribution in [-0.4, -0.2) is 29.7 Å². The molecule has 0 aliphatic heterocycles. The quantitative estimate of drug-likeness (QED) is 0.498. The SMILES string of the molecule is O=[N+]([O-])c1ccc2c(c1)nnc1c([N+](=O)[O-])cnn12. The van der Waals surface area contributed by atoms with Crippen LogP contribution >= 0.6 is 0 Å². The number of nitro benzene ring substituents is 1. The molecule has 0 amide bonds. The zero-order chi connectivity index (χ0) is 13.6. The van der Waals surface area contributed by atoms with Crippen LogP contribution in [0.25, 0.3) is 16.7 Å². The van der Waals surface area contributed by atoms with Gasteiger partial charge in [0.2, 0.25) is 0 Å². The molecule has 0 atom stereocenters. The summed E-state index contributed by atoms with van der Waals surface area (Å²) in [5, 5.41) is 32.7. The Labute approximate surface area is 103 Å². The van der Waals surface area contributed by atoms with E-state index in [1.54, 1.807) is 0 Å². The normalized spacial score (nSPS) is 10.9. The van der Waals surface area contributed by atoms with Gasteiger partial charge in [-0.2, -0.15) is 5.10 Å². The van der Waals surface area contributed by atoms with Crippen molar-refractivity contribution < 1.29 is 9.85 Å². The molecule has 3 rings (SSSR count). The van der Waals surface area contributed by atoms with Gasteiger partial charge < -0.3 is 0 Å². The topological polar surface area (TPSA) is 129 Å². The number of non-ortho nitro benzene ring substituents is 1. The van der Waals surface area contributed by atoms with Crippen LogP contribution in [-0.2, 0) is 0 Å². The van der Waals surface area contributed by atoms with Crippen LogP contribution in [0.5, 0.6) is 0 Å². The summed E-state index contributed by atoms with van der Waals surface area (Å²) in [6.45, 7) is 0. The molecule has 3 aromatic rings. The van der Waals surface area contributed by atoms with Crippen molar-refractivity contribution >= 4 is 28.1 Å². The highest BCUT2D eigenvalue weighted by Crippen LogP contribution is 2.22. The molecular weight excluding hydrogens is 256 g/mol. The third kappa shape index (κ3) is 1.54. The van der Waals surface area contributed by atoms with Gasteiger partial charge in [-0.15, -0.1) is 10.2 Å². The van der Waals surface area contributed by atoms with Crippen LogP contribution < -0.4 is 0 Å². The second-order valence-electron chi connectivity index (χ2n) is 3.65. The van der Waals surface area contributed by atoms with Crippen molar-refractivity contribution in [2.75, 3.05) is 0 Å². The first-order valence-corrected chi connectivity index (χ1v) is 5.01. The van der Waals surface area contributed by atoms with E-state index in [1.807, 2.05) is 0 Å². The monoisotopic (exact) mass is 260 g/mol. The molecule has 0 unspecified atom stereocenters. The van der Waals surface area contributed by atoms with E-state index in [4.69, 9.17) is 0 Å². The lowest BCUT2D eigenvalue weighted by Gasteiger charge is -1.98. The van der Waals surface area contributed by atoms with E-state index in [-0.39, 0.29) is 22.5 Å².